The number of hydrogen-bond donors (Lipinski definition) is 0. The molecule has 2 bridgehead atoms. The van der Waals surface area contributed by atoms with Crippen LogP contribution in [-0.2, 0) is 9.53 Å². The monoisotopic (exact) mass is 292 g/mol. The van der Waals surface area contributed by atoms with Gasteiger partial charge in [0.05, 0.1) is 12.0 Å². The molecule has 1 spiro atoms. The predicted molar refractivity (Wildman–Crippen MR) is 56.6 cm³/mol. The van der Waals surface area contributed by atoms with Gasteiger partial charge in [0.15, 0.2) is 0 Å². The van der Waals surface area contributed by atoms with E-state index in [1.165, 1.54) is 12.8 Å². The molecular weight excluding hydrogens is 279 g/mol. The second-order valence-electron chi connectivity index (χ2n) is 4.69. The van der Waals surface area contributed by atoms with Crippen molar-refractivity contribution in [3.05, 3.63) is 0 Å². The van der Waals surface area contributed by atoms with E-state index >= 15 is 0 Å². The highest BCUT2D eigenvalue weighted by atomic mass is 127. The van der Waals surface area contributed by atoms with Crippen LogP contribution in [0.3, 0.4) is 0 Å². The Morgan fingerprint density at radius 1 is 1.46 bits per heavy atom. The van der Waals surface area contributed by atoms with Crippen molar-refractivity contribution in [1.82, 2.24) is 0 Å². The molecule has 0 aromatic carbocycles. The molecule has 1 aliphatic heterocycles. The Bertz CT molecular complexity index is 264. The molecule has 0 aromatic rings. The van der Waals surface area contributed by atoms with Crippen molar-refractivity contribution in [3.63, 3.8) is 0 Å². The minimum absolute atomic E-state index is 0.0215. The highest BCUT2D eigenvalue weighted by Gasteiger charge is 2.60. The Kier molecular flexibility index (Phi) is 1.71. The third kappa shape index (κ3) is 0.969. The Morgan fingerprint density at radius 2 is 2.31 bits per heavy atom. The molecule has 3 rings (SSSR count). The van der Waals surface area contributed by atoms with Crippen LogP contribution >= 0.6 is 22.6 Å². The molecule has 13 heavy (non-hydrogen) atoms. The normalized spacial score (nSPS) is 53.3. The second-order valence-corrected chi connectivity index (χ2v) is 6.29. The van der Waals surface area contributed by atoms with Crippen LogP contribution in [0.15, 0.2) is 0 Å². The van der Waals surface area contributed by atoms with Gasteiger partial charge in [0.2, 0.25) is 0 Å². The average molecular weight is 292 g/mol. The van der Waals surface area contributed by atoms with Gasteiger partial charge >= 0.3 is 5.97 Å². The third-order valence-electron chi connectivity index (χ3n) is 4.20. The molecule has 3 fully saturated rings. The van der Waals surface area contributed by atoms with Crippen LogP contribution in [0.1, 0.15) is 25.7 Å². The highest BCUT2D eigenvalue weighted by Crippen LogP contribution is 2.61. The molecule has 72 valence electrons. The first-order valence-corrected chi connectivity index (χ1v) is 6.28. The van der Waals surface area contributed by atoms with E-state index in [9.17, 15) is 4.79 Å². The molecule has 2 nitrogen and oxygen atoms in total. The fourth-order valence-corrected chi connectivity index (χ4v) is 4.66. The van der Waals surface area contributed by atoms with E-state index in [4.69, 9.17) is 4.74 Å². The standard InChI is InChI=1S/C10H13IO2/c11-8-4-7-3-6(8)5-10(7)1-2-13-9(10)12/h6-8H,1-5H2/t6?,7-,8?,10?/m0/s1. The van der Waals surface area contributed by atoms with Crippen molar-refractivity contribution in [2.45, 2.75) is 29.6 Å². The van der Waals surface area contributed by atoms with Crippen molar-refractivity contribution in [2.75, 3.05) is 6.61 Å². The number of hydrogen-bond acceptors (Lipinski definition) is 2. The van der Waals surface area contributed by atoms with E-state index in [1.807, 2.05) is 0 Å². The molecule has 0 amide bonds. The zero-order valence-electron chi connectivity index (χ0n) is 7.46. The summed E-state index contributed by atoms with van der Waals surface area (Å²) in [4.78, 5) is 11.7. The molecular formula is C10H13IO2. The summed E-state index contributed by atoms with van der Waals surface area (Å²) in [5.74, 6) is 1.56. The van der Waals surface area contributed by atoms with E-state index in [1.54, 1.807) is 0 Å². The van der Waals surface area contributed by atoms with Crippen molar-refractivity contribution in [2.24, 2.45) is 17.3 Å². The van der Waals surface area contributed by atoms with Gasteiger partial charge in [-0.3, -0.25) is 4.79 Å². The lowest BCUT2D eigenvalue weighted by atomic mass is 9.72. The van der Waals surface area contributed by atoms with Crippen LogP contribution in [0.25, 0.3) is 0 Å². The molecule has 2 aliphatic carbocycles. The van der Waals surface area contributed by atoms with E-state index in [2.05, 4.69) is 22.6 Å². The number of alkyl halides is 1. The lowest BCUT2D eigenvalue weighted by Crippen LogP contribution is -2.34. The zero-order chi connectivity index (χ0) is 9.05. The van der Waals surface area contributed by atoms with Crippen molar-refractivity contribution < 1.29 is 9.53 Å². The number of carbonyl (C=O) groups excluding carboxylic acids is 1. The van der Waals surface area contributed by atoms with Crippen LogP contribution in [0.2, 0.25) is 0 Å². The Balaban J connectivity index is 1.92. The van der Waals surface area contributed by atoms with E-state index in [-0.39, 0.29) is 11.4 Å². The fourth-order valence-electron chi connectivity index (χ4n) is 3.50. The average Bonchev–Trinajstić information content (AvgIpc) is 2.70. The first-order chi connectivity index (χ1) is 6.22. The molecule has 0 N–H and O–H groups in total. The van der Waals surface area contributed by atoms with Crippen LogP contribution in [0, 0.1) is 17.3 Å². The SMILES string of the molecule is O=C1OCCC12CC1C[C@H]2CC1I. The number of cyclic esters (lactones) is 1. The van der Waals surface area contributed by atoms with Crippen LogP contribution in [0.5, 0.6) is 0 Å². The quantitative estimate of drug-likeness (QED) is 0.388. The highest BCUT2D eigenvalue weighted by molar-refractivity contribution is 14.1. The molecule has 2 saturated carbocycles. The Hall–Kier alpha value is 0.200. The van der Waals surface area contributed by atoms with Crippen LogP contribution in [-0.4, -0.2) is 16.5 Å². The summed E-state index contributed by atoms with van der Waals surface area (Å²) in [7, 11) is 0. The van der Waals surface area contributed by atoms with Gasteiger partial charge in [-0.05, 0) is 37.5 Å². The Labute approximate surface area is 91.5 Å². The lowest BCUT2D eigenvalue weighted by Gasteiger charge is -2.31. The summed E-state index contributed by atoms with van der Waals surface area (Å²) in [6.45, 7) is 0.675. The zero-order valence-corrected chi connectivity index (χ0v) is 9.62. The van der Waals surface area contributed by atoms with Crippen molar-refractivity contribution in [3.8, 4) is 0 Å². The molecule has 3 unspecified atom stereocenters. The van der Waals surface area contributed by atoms with Gasteiger partial charge < -0.3 is 4.74 Å². The number of fused-ring (bicyclic) bond motifs is 3. The van der Waals surface area contributed by atoms with Gasteiger partial charge in [0, 0.05) is 3.92 Å². The number of carbonyl (C=O) groups is 1. The van der Waals surface area contributed by atoms with Crippen molar-refractivity contribution in [1.29, 1.82) is 0 Å². The van der Waals surface area contributed by atoms with Gasteiger partial charge in [0.1, 0.15) is 0 Å². The topological polar surface area (TPSA) is 26.3 Å². The lowest BCUT2D eigenvalue weighted by molar-refractivity contribution is -0.148. The number of halogens is 1. The largest absolute Gasteiger partial charge is 0.465 e. The fraction of sp³-hybridized carbons (Fsp3) is 0.900. The van der Waals surface area contributed by atoms with Crippen LogP contribution in [0.4, 0.5) is 0 Å². The summed E-state index contributed by atoms with van der Waals surface area (Å²) in [5.41, 5.74) is -0.0215. The predicted octanol–water partition coefficient (Wildman–Crippen LogP) is 2.15. The number of ether oxygens (including phenoxy) is 1. The minimum atomic E-state index is -0.0215. The summed E-state index contributed by atoms with van der Waals surface area (Å²) in [6, 6.07) is 0. The molecule has 0 radical (unpaired) electrons. The van der Waals surface area contributed by atoms with Gasteiger partial charge in [0.25, 0.3) is 0 Å². The van der Waals surface area contributed by atoms with Crippen LogP contribution < -0.4 is 0 Å². The third-order valence-corrected chi connectivity index (χ3v) is 5.73. The second kappa shape index (κ2) is 2.61. The first-order valence-electron chi connectivity index (χ1n) is 5.04. The minimum Gasteiger partial charge on any atom is -0.465 e. The Morgan fingerprint density at radius 3 is 2.77 bits per heavy atom. The van der Waals surface area contributed by atoms with Gasteiger partial charge in [-0.25, -0.2) is 0 Å². The smallest absolute Gasteiger partial charge is 0.312 e. The maximum Gasteiger partial charge on any atom is 0.312 e. The van der Waals surface area contributed by atoms with Gasteiger partial charge in [-0.1, -0.05) is 22.6 Å². The molecule has 3 aliphatic rings. The summed E-state index contributed by atoms with van der Waals surface area (Å²) >= 11 is 2.55. The van der Waals surface area contributed by atoms with E-state index in [0.717, 1.165) is 22.7 Å². The number of rotatable bonds is 0. The van der Waals surface area contributed by atoms with Gasteiger partial charge in [-0.2, -0.15) is 0 Å². The van der Waals surface area contributed by atoms with E-state index in [0.29, 0.717) is 12.5 Å². The summed E-state index contributed by atoms with van der Waals surface area (Å²) in [5, 5.41) is 0. The molecule has 1 saturated heterocycles. The molecule has 0 aromatic heterocycles. The first kappa shape index (κ1) is 8.50. The van der Waals surface area contributed by atoms with E-state index < -0.39 is 0 Å². The number of esters is 1. The van der Waals surface area contributed by atoms with Gasteiger partial charge in [-0.15, -0.1) is 0 Å². The summed E-state index contributed by atoms with van der Waals surface area (Å²) in [6.07, 6.45) is 4.64. The van der Waals surface area contributed by atoms with Crippen molar-refractivity contribution >= 4 is 28.6 Å². The molecule has 4 atom stereocenters. The maximum absolute atomic E-state index is 11.7. The molecule has 1 heterocycles. The summed E-state index contributed by atoms with van der Waals surface area (Å²) < 4.78 is 5.96. The molecule has 3 heteroatoms. The maximum atomic E-state index is 11.7.